The molecule has 0 saturated carbocycles. The molecule has 4 heteroatoms. The van der Waals surface area contributed by atoms with E-state index in [4.69, 9.17) is 0 Å². The molecular formula is C38H32N2O2. The van der Waals surface area contributed by atoms with Gasteiger partial charge >= 0.3 is 5.97 Å². The van der Waals surface area contributed by atoms with Gasteiger partial charge in [0.05, 0.1) is 6.07 Å². The number of nitrogens with zero attached hydrogens (tertiary/aromatic N) is 2. The normalized spacial score (nSPS) is 11.3. The standard InChI is InChI=1S/C38H32N2O2/c1-27-13-22-37(28(2)23-27)40(34-18-14-29(15-19-34)24-33(26-39)38(41)42)35-20-16-30(17-21-35)25-36(31-9-5-3-6-10-31)32-11-7-4-8-12-32/h3-23,25,33H,24H2,1-2H3,(H,41,42). The van der Waals surface area contributed by atoms with E-state index in [0.29, 0.717) is 0 Å². The number of anilines is 3. The maximum Gasteiger partial charge on any atom is 0.321 e. The lowest BCUT2D eigenvalue weighted by atomic mass is 9.95. The summed E-state index contributed by atoms with van der Waals surface area (Å²) in [4.78, 5) is 13.6. The molecule has 5 aromatic rings. The minimum Gasteiger partial charge on any atom is -0.480 e. The highest BCUT2D eigenvalue weighted by molar-refractivity contribution is 5.91. The summed E-state index contributed by atoms with van der Waals surface area (Å²) in [5, 5.41) is 18.5. The van der Waals surface area contributed by atoms with Crippen molar-refractivity contribution in [1.29, 1.82) is 5.26 Å². The predicted molar refractivity (Wildman–Crippen MR) is 171 cm³/mol. The van der Waals surface area contributed by atoms with Gasteiger partial charge < -0.3 is 10.0 Å². The molecule has 0 aliphatic heterocycles. The predicted octanol–water partition coefficient (Wildman–Crippen LogP) is 9.13. The van der Waals surface area contributed by atoms with E-state index in [2.05, 4.69) is 116 Å². The van der Waals surface area contributed by atoms with Crippen LogP contribution < -0.4 is 4.90 Å². The molecule has 5 aromatic carbocycles. The summed E-state index contributed by atoms with van der Waals surface area (Å²) in [5.41, 5.74) is 10.7. The van der Waals surface area contributed by atoms with Crippen molar-refractivity contribution in [3.63, 3.8) is 0 Å². The van der Waals surface area contributed by atoms with Gasteiger partial charge in [0.1, 0.15) is 5.92 Å². The monoisotopic (exact) mass is 548 g/mol. The third-order valence-corrected chi connectivity index (χ3v) is 7.31. The van der Waals surface area contributed by atoms with Crippen molar-refractivity contribution in [3.8, 4) is 6.07 Å². The Bertz CT molecular complexity index is 1690. The Kier molecular flexibility index (Phi) is 8.61. The maximum absolute atomic E-state index is 11.4. The van der Waals surface area contributed by atoms with Crippen LogP contribution in [0.15, 0.2) is 127 Å². The first kappa shape index (κ1) is 28.1. The van der Waals surface area contributed by atoms with Gasteiger partial charge in [-0.2, -0.15) is 5.26 Å². The lowest BCUT2D eigenvalue weighted by molar-refractivity contribution is -0.139. The topological polar surface area (TPSA) is 64.3 Å². The molecule has 1 N–H and O–H groups in total. The SMILES string of the molecule is Cc1ccc(N(c2ccc(C=C(c3ccccc3)c3ccccc3)cc2)c2ccc(CC(C#N)C(=O)O)cc2)c(C)c1. The van der Waals surface area contributed by atoms with Crippen molar-refractivity contribution in [1.82, 2.24) is 0 Å². The Morgan fingerprint density at radius 1 is 0.786 bits per heavy atom. The van der Waals surface area contributed by atoms with Gasteiger partial charge in [0.2, 0.25) is 0 Å². The van der Waals surface area contributed by atoms with Gasteiger partial charge in [0.15, 0.2) is 0 Å². The largest absolute Gasteiger partial charge is 0.480 e. The maximum atomic E-state index is 11.4. The zero-order valence-corrected chi connectivity index (χ0v) is 23.7. The molecule has 1 atom stereocenters. The molecule has 0 fully saturated rings. The minimum absolute atomic E-state index is 0.169. The van der Waals surface area contributed by atoms with Crippen LogP contribution in [0.25, 0.3) is 11.6 Å². The van der Waals surface area contributed by atoms with Crippen LogP contribution in [0, 0.1) is 31.1 Å². The van der Waals surface area contributed by atoms with E-state index < -0.39 is 11.9 Å². The molecule has 4 nitrogen and oxygen atoms in total. The smallest absolute Gasteiger partial charge is 0.321 e. The highest BCUT2D eigenvalue weighted by Crippen LogP contribution is 2.37. The van der Waals surface area contributed by atoms with Gasteiger partial charge in [-0.25, -0.2) is 0 Å². The van der Waals surface area contributed by atoms with E-state index in [1.165, 1.54) is 5.56 Å². The fourth-order valence-corrected chi connectivity index (χ4v) is 5.14. The number of hydrogen-bond acceptors (Lipinski definition) is 3. The number of aliphatic carboxylic acids is 1. The van der Waals surface area contributed by atoms with E-state index in [9.17, 15) is 15.2 Å². The van der Waals surface area contributed by atoms with Crippen molar-refractivity contribution in [2.75, 3.05) is 4.90 Å². The van der Waals surface area contributed by atoms with Gasteiger partial charge in [-0.15, -0.1) is 0 Å². The van der Waals surface area contributed by atoms with Gasteiger partial charge in [-0.05, 0) is 90.1 Å². The summed E-state index contributed by atoms with van der Waals surface area (Å²) in [5.74, 6) is -2.17. The van der Waals surface area contributed by atoms with Crippen molar-refractivity contribution in [2.45, 2.75) is 20.3 Å². The van der Waals surface area contributed by atoms with Gasteiger partial charge in [0, 0.05) is 17.1 Å². The van der Waals surface area contributed by atoms with Crippen molar-refractivity contribution < 1.29 is 9.90 Å². The summed E-state index contributed by atoms with van der Waals surface area (Å²) < 4.78 is 0. The molecule has 0 bridgehead atoms. The van der Waals surface area contributed by atoms with E-state index in [1.54, 1.807) is 0 Å². The number of hydrogen-bond donors (Lipinski definition) is 1. The lowest BCUT2D eigenvalue weighted by Gasteiger charge is -2.27. The number of rotatable bonds is 9. The molecular weight excluding hydrogens is 516 g/mol. The van der Waals surface area contributed by atoms with Crippen LogP contribution in [0.2, 0.25) is 0 Å². The fourth-order valence-electron chi connectivity index (χ4n) is 5.14. The molecule has 0 aliphatic carbocycles. The summed E-state index contributed by atoms with van der Waals surface area (Å²) in [6, 6.07) is 45.4. The van der Waals surface area contributed by atoms with Crippen LogP contribution in [-0.2, 0) is 11.2 Å². The van der Waals surface area contributed by atoms with Crippen molar-refractivity contribution in [3.05, 3.63) is 161 Å². The third-order valence-electron chi connectivity index (χ3n) is 7.31. The zero-order chi connectivity index (χ0) is 29.5. The second kappa shape index (κ2) is 12.8. The third kappa shape index (κ3) is 6.49. The summed E-state index contributed by atoms with van der Waals surface area (Å²) in [6.45, 7) is 4.19. The van der Waals surface area contributed by atoms with E-state index >= 15 is 0 Å². The Balaban J connectivity index is 1.53. The Labute approximate surface area is 247 Å². The number of aryl methyl sites for hydroxylation is 2. The van der Waals surface area contributed by atoms with Gasteiger partial charge in [-0.1, -0.05) is 103 Å². The summed E-state index contributed by atoms with van der Waals surface area (Å²) in [7, 11) is 0. The molecule has 0 aromatic heterocycles. The molecule has 0 saturated heterocycles. The van der Waals surface area contributed by atoms with Gasteiger partial charge in [0.25, 0.3) is 0 Å². The average Bonchev–Trinajstić information content (AvgIpc) is 3.02. The number of carbonyl (C=O) groups is 1. The van der Waals surface area contributed by atoms with Crippen LogP contribution >= 0.6 is 0 Å². The fraction of sp³-hybridized carbons (Fsp3) is 0.105. The molecule has 0 heterocycles. The quantitative estimate of drug-likeness (QED) is 0.187. The minimum atomic E-state index is -1.10. The van der Waals surface area contributed by atoms with Crippen LogP contribution in [-0.4, -0.2) is 11.1 Å². The van der Waals surface area contributed by atoms with Gasteiger partial charge in [-0.3, -0.25) is 4.79 Å². The first-order valence-corrected chi connectivity index (χ1v) is 13.9. The summed E-state index contributed by atoms with van der Waals surface area (Å²) in [6.07, 6.45) is 2.39. The number of carboxylic acids is 1. The first-order valence-electron chi connectivity index (χ1n) is 13.9. The van der Waals surface area contributed by atoms with Crippen molar-refractivity contribution in [2.24, 2.45) is 5.92 Å². The Morgan fingerprint density at radius 3 is 1.83 bits per heavy atom. The number of nitriles is 1. The first-order chi connectivity index (χ1) is 20.4. The zero-order valence-electron chi connectivity index (χ0n) is 23.7. The van der Waals surface area contributed by atoms with Crippen LogP contribution in [0.5, 0.6) is 0 Å². The second-order valence-corrected chi connectivity index (χ2v) is 10.4. The molecule has 0 aliphatic rings. The van der Waals surface area contributed by atoms with E-state index in [1.807, 2.05) is 42.5 Å². The highest BCUT2D eigenvalue weighted by atomic mass is 16.4. The van der Waals surface area contributed by atoms with Crippen LogP contribution in [0.4, 0.5) is 17.1 Å². The average molecular weight is 549 g/mol. The molecule has 5 rings (SSSR count). The van der Waals surface area contributed by atoms with Crippen molar-refractivity contribution >= 4 is 34.7 Å². The molecule has 206 valence electrons. The molecule has 0 radical (unpaired) electrons. The number of benzene rings is 5. The highest BCUT2D eigenvalue weighted by Gasteiger charge is 2.18. The molecule has 1 unspecified atom stereocenters. The summed E-state index contributed by atoms with van der Waals surface area (Å²) >= 11 is 0. The van der Waals surface area contributed by atoms with Crippen LogP contribution in [0.1, 0.15) is 33.4 Å². The Morgan fingerprint density at radius 2 is 1.33 bits per heavy atom. The van der Waals surface area contributed by atoms with E-state index in [-0.39, 0.29) is 6.42 Å². The lowest BCUT2D eigenvalue weighted by Crippen LogP contribution is -2.14. The molecule has 42 heavy (non-hydrogen) atoms. The molecule has 0 amide bonds. The number of carboxylic acid groups (broad SMARTS) is 1. The second-order valence-electron chi connectivity index (χ2n) is 10.4. The van der Waals surface area contributed by atoms with Crippen LogP contribution in [0.3, 0.4) is 0 Å². The van der Waals surface area contributed by atoms with E-state index in [0.717, 1.165) is 50.5 Å². The molecule has 0 spiro atoms. The Hall–Kier alpha value is -5.40.